The fraction of sp³-hybridized carbons (Fsp3) is 0.500. The second-order valence-electron chi connectivity index (χ2n) is 5.01. The van der Waals surface area contributed by atoms with Gasteiger partial charge in [0.2, 0.25) is 5.91 Å². The second-order valence-corrected chi connectivity index (χ2v) is 5.01. The molecule has 1 saturated heterocycles. The zero-order valence-electron chi connectivity index (χ0n) is 10.6. The van der Waals surface area contributed by atoms with Crippen molar-refractivity contribution in [2.24, 2.45) is 0 Å². The fourth-order valence-corrected chi connectivity index (χ4v) is 2.67. The van der Waals surface area contributed by atoms with E-state index in [0.29, 0.717) is 6.54 Å². The average molecular weight is 246 g/mol. The first-order valence-corrected chi connectivity index (χ1v) is 6.51. The van der Waals surface area contributed by atoms with Gasteiger partial charge in [-0.1, -0.05) is 18.2 Å². The zero-order chi connectivity index (χ0) is 12.5. The van der Waals surface area contributed by atoms with Gasteiger partial charge in [-0.05, 0) is 18.6 Å². The number of amides is 1. The topological polar surface area (TPSA) is 41.6 Å². The molecule has 0 saturated carbocycles. The molecule has 0 spiro atoms. The maximum absolute atomic E-state index is 12.0. The number of hydrogen-bond donors (Lipinski definition) is 1. The Morgan fingerprint density at radius 1 is 1.44 bits per heavy atom. The maximum Gasteiger partial charge on any atom is 0.239 e. The van der Waals surface area contributed by atoms with Crippen molar-refractivity contribution in [2.75, 3.05) is 19.6 Å². The monoisotopic (exact) mass is 246 g/mol. The third-order valence-corrected chi connectivity index (χ3v) is 3.65. The summed E-state index contributed by atoms with van der Waals surface area (Å²) in [5.41, 5.74) is 1.25. The van der Waals surface area contributed by atoms with Crippen molar-refractivity contribution in [1.82, 2.24) is 10.2 Å². The van der Waals surface area contributed by atoms with E-state index in [1.165, 1.54) is 5.56 Å². The molecule has 2 atom stereocenters. The molecule has 4 nitrogen and oxygen atoms in total. The predicted molar refractivity (Wildman–Crippen MR) is 68.6 cm³/mol. The number of rotatable bonds is 2. The largest absolute Gasteiger partial charge is 0.488 e. The minimum absolute atomic E-state index is 0.0671. The fourth-order valence-electron chi connectivity index (χ4n) is 2.67. The second kappa shape index (κ2) is 4.61. The minimum atomic E-state index is -0.0671. The third-order valence-electron chi connectivity index (χ3n) is 3.65. The SMILES string of the molecule is CC1NCCN(CC2Cc3ccccc3O2)C1=O. The molecule has 18 heavy (non-hydrogen) atoms. The van der Waals surface area contributed by atoms with Crippen molar-refractivity contribution < 1.29 is 9.53 Å². The number of hydrogen-bond acceptors (Lipinski definition) is 3. The molecule has 2 aliphatic heterocycles. The number of nitrogens with zero attached hydrogens (tertiary/aromatic N) is 1. The van der Waals surface area contributed by atoms with E-state index >= 15 is 0 Å². The van der Waals surface area contributed by atoms with Crippen LogP contribution in [-0.2, 0) is 11.2 Å². The molecule has 0 aromatic heterocycles. The molecule has 3 rings (SSSR count). The maximum atomic E-state index is 12.0. The van der Waals surface area contributed by atoms with Crippen molar-refractivity contribution in [3.8, 4) is 5.75 Å². The van der Waals surface area contributed by atoms with Crippen molar-refractivity contribution in [3.05, 3.63) is 29.8 Å². The molecule has 4 heteroatoms. The van der Waals surface area contributed by atoms with E-state index in [1.807, 2.05) is 30.0 Å². The zero-order valence-corrected chi connectivity index (χ0v) is 10.6. The summed E-state index contributed by atoms with van der Waals surface area (Å²) >= 11 is 0. The van der Waals surface area contributed by atoms with E-state index in [9.17, 15) is 4.79 Å². The first-order valence-electron chi connectivity index (χ1n) is 6.51. The van der Waals surface area contributed by atoms with E-state index in [4.69, 9.17) is 4.74 Å². The number of nitrogens with one attached hydrogen (secondary N) is 1. The van der Waals surface area contributed by atoms with Gasteiger partial charge in [0.05, 0.1) is 12.6 Å². The summed E-state index contributed by atoms with van der Waals surface area (Å²) in [4.78, 5) is 13.9. The Hall–Kier alpha value is -1.55. The standard InChI is InChI=1S/C14H18N2O2/c1-10-14(17)16(7-6-15-10)9-12-8-11-4-2-3-5-13(11)18-12/h2-5,10,12,15H,6-9H2,1H3. The van der Waals surface area contributed by atoms with Gasteiger partial charge in [0.1, 0.15) is 11.9 Å². The Kier molecular flexibility index (Phi) is 2.96. The van der Waals surface area contributed by atoms with E-state index < -0.39 is 0 Å². The van der Waals surface area contributed by atoms with Gasteiger partial charge in [-0.15, -0.1) is 0 Å². The van der Waals surface area contributed by atoms with Gasteiger partial charge in [-0.25, -0.2) is 0 Å². The first kappa shape index (κ1) is 11.5. The molecule has 0 radical (unpaired) electrons. The molecular formula is C14H18N2O2. The number of ether oxygens (including phenoxy) is 1. The predicted octanol–water partition coefficient (Wildman–Crippen LogP) is 0.810. The molecule has 1 amide bonds. The van der Waals surface area contributed by atoms with E-state index in [-0.39, 0.29) is 18.1 Å². The van der Waals surface area contributed by atoms with Gasteiger partial charge in [0.25, 0.3) is 0 Å². The average Bonchev–Trinajstić information content (AvgIpc) is 2.77. The molecule has 1 fully saturated rings. The normalized spacial score (nSPS) is 26.9. The Morgan fingerprint density at radius 3 is 3.11 bits per heavy atom. The molecule has 1 N–H and O–H groups in total. The molecule has 1 aromatic rings. The summed E-state index contributed by atoms with van der Waals surface area (Å²) in [6.45, 7) is 4.25. The van der Waals surface area contributed by atoms with E-state index in [0.717, 1.165) is 25.3 Å². The molecular weight excluding hydrogens is 228 g/mol. The van der Waals surface area contributed by atoms with Crippen LogP contribution in [0, 0.1) is 0 Å². The lowest BCUT2D eigenvalue weighted by molar-refractivity contribution is -0.136. The summed E-state index contributed by atoms with van der Waals surface area (Å²) < 4.78 is 5.88. The third kappa shape index (κ3) is 2.08. The number of piperazine rings is 1. The Bertz CT molecular complexity index is 436. The Morgan fingerprint density at radius 2 is 2.28 bits per heavy atom. The van der Waals surface area contributed by atoms with Crippen LogP contribution in [0.2, 0.25) is 0 Å². The number of benzene rings is 1. The summed E-state index contributed by atoms with van der Waals surface area (Å²) in [6.07, 6.45) is 1.01. The molecule has 2 unspecified atom stereocenters. The highest BCUT2D eigenvalue weighted by atomic mass is 16.5. The summed E-state index contributed by atoms with van der Waals surface area (Å²) in [5, 5.41) is 3.17. The Balaban J connectivity index is 1.64. The van der Waals surface area contributed by atoms with Crippen LogP contribution in [-0.4, -0.2) is 42.6 Å². The summed E-state index contributed by atoms with van der Waals surface area (Å²) in [5.74, 6) is 1.15. The highest BCUT2D eigenvalue weighted by Gasteiger charge is 2.30. The number of fused-ring (bicyclic) bond motifs is 1. The quantitative estimate of drug-likeness (QED) is 0.839. The van der Waals surface area contributed by atoms with Gasteiger partial charge in [-0.2, -0.15) is 0 Å². The van der Waals surface area contributed by atoms with Crippen LogP contribution >= 0.6 is 0 Å². The van der Waals surface area contributed by atoms with E-state index in [1.54, 1.807) is 0 Å². The van der Waals surface area contributed by atoms with Crippen molar-refractivity contribution in [1.29, 1.82) is 0 Å². The molecule has 2 heterocycles. The van der Waals surface area contributed by atoms with Gasteiger partial charge < -0.3 is 15.0 Å². The van der Waals surface area contributed by atoms with Crippen LogP contribution in [0.5, 0.6) is 5.75 Å². The van der Waals surface area contributed by atoms with Gasteiger partial charge >= 0.3 is 0 Å². The Labute approximate surface area is 107 Å². The van der Waals surface area contributed by atoms with Crippen LogP contribution in [0.4, 0.5) is 0 Å². The van der Waals surface area contributed by atoms with Crippen molar-refractivity contribution in [3.63, 3.8) is 0 Å². The van der Waals surface area contributed by atoms with Crippen molar-refractivity contribution in [2.45, 2.75) is 25.5 Å². The van der Waals surface area contributed by atoms with Gasteiger partial charge in [0.15, 0.2) is 0 Å². The first-order chi connectivity index (χ1) is 8.74. The van der Waals surface area contributed by atoms with Crippen LogP contribution in [0.3, 0.4) is 0 Å². The summed E-state index contributed by atoms with van der Waals surface area (Å²) in [7, 11) is 0. The van der Waals surface area contributed by atoms with Crippen LogP contribution in [0.1, 0.15) is 12.5 Å². The highest BCUT2D eigenvalue weighted by Crippen LogP contribution is 2.28. The number of carbonyl (C=O) groups excluding carboxylic acids is 1. The van der Waals surface area contributed by atoms with Crippen LogP contribution in [0.15, 0.2) is 24.3 Å². The lowest BCUT2D eigenvalue weighted by atomic mass is 10.1. The van der Waals surface area contributed by atoms with E-state index in [2.05, 4.69) is 11.4 Å². The molecule has 96 valence electrons. The van der Waals surface area contributed by atoms with Crippen molar-refractivity contribution >= 4 is 5.91 Å². The number of para-hydroxylation sites is 1. The molecule has 2 aliphatic rings. The minimum Gasteiger partial charge on any atom is -0.488 e. The molecule has 0 bridgehead atoms. The molecule has 0 aliphatic carbocycles. The molecule has 1 aromatic carbocycles. The van der Waals surface area contributed by atoms with Gasteiger partial charge in [-0.3, -0.25) is 4.79 Å². The lowest BCUT2D eigenvalue weighted by Gasteiger charge is -2.32. The highest BCUT2D eigenvalue weighted by molar-refractivity contribution is 5.82. The smallest absolute Gasteiger partial charge is 0.239 e. The van der Waals surface area contributed by atoms with Crippen LogP contribution < -0.4 is 10.1 Å². The number of carbonyl (C=O) groups is 1. The van der Waals surface area contributed by atoms with Gasteiger partial charge in [0, 0.05) is 19.5 Å². The lowest BCUT2D eigenvalue weighted by Crippen LogP contribution is -2.55. The summed E-state index contributed by atoms with van der Waals surface area (Å²) in [6, 6.07) is 8.04. The van der Waals surface area contributed by atoms with Crippen LogP contribution in [0.25, 0.3) is 0 Å².